The second-order valence-electron chi connectivity index (χ2n) is 9.72. The minimum absolute atomic E-state index is 0.0694. The van der Waals surface area contributed by atoms with Crippen LogP contribution in [0.5, 0.6) is 5.75 Å². The summed E-state index contributed by atoms with van der Waals surface area (Å²) in [6.45, 7) is 8.49. The van der Waals surface area contributed by atoms with Gasteiger partial charge in [0.1, 0.15) is 18.1 Å². The highest BCUT2D eigenvalue weighted by Gasteiger charge is 2.27. The van der Waals surface area contributed by atoms with E-state index in [-0.39, 0.29) is 11.9 Å². The smallest absolute Gasteiger partial charge is 0.224 e. The largest absolute Gasteiger partial charge is 0.489 e. The zero-order valence-electron chi connectivity index (χ0n) is 20.8. The third-order valence-corrected chi connectivity index (χ3v) is 7.05. The summed E-state index contributed by atoms with van der Waals surface area (Å²) in [5.74, 6) is 2.11. The molecular weight excluding hydrogens is 424 g/mol. The maximum atomic E-state index is 13.1. The van der Waals surface area contributed by atoms with E-state index in [1.807, 2.05) is 38.1 Å². The molecule has 1 fully saturated rings. The quantitative estimate of drug-likeness (QED) is 0.418. The molecule has 1 N–H and O–H groups in total. The molecule has 0 aliphatic heterocycles. The maximum Gasteiger partial charge on any atom is 0.224 e. The molecule has 5 heteroatoms. The molecule has 5 nitrogen and oxygen atoms in total. The number of benzene rings is 2. The van der Waals surface area contributed by atoms with Gasteiger partial charge >= 0.3 is 0 Å². The van der Waals surface area contributed by atoms with Crippen LogP contribution in [-0.4, -0.2) is 11.1 Å². The van der Waals surface area contributed by atoms with Gasteiger partial charge in [-0.1, -0.05) is 60.3 Å². The third kappa shape index (κ3) is 5.88. The lowest BCUT2D eigenvalue weighted by molar-refractivity contribution is -0.121. The number of carbonyl (C=O) groups excluding carboxylic acids is 1. The first-order valence-electron chi connectivity index (χ1n) is 12.4. The van der Waals surface area contributed by atoms with Crippen LogP contribution >= 0.6 is 0 Å². The fraction of sp³-hybridized carbons (Fsp3) is 0.448. The first-order valence-corrected chi connectivity index (χ1v) is 12.4. The number of ether oxygens (including phenoxy) is 1. The number of amides is 1. The summed E-state index contributed by atoms with van der Waals surface area (Å²) in [5.41, 5.74) is 6.58. The molecule has 1 saturated carbocycles. The predicted molar refractivity (Wildman–Crippen MR) is 134 cm³/mol. The van der Waals surface area contributed by atoms with Crippen LogP contribution in [0, 0.1) is 33.6 Å². The minimum atomic E-state index is 0.0694. The Kier molecular flexibility index (Phi) is 7.71. The summed E-state index contributed by atoms with van der Waals surface area (Å²) in [6.07, 6.45) is 6.51. The van der Waals surface area contributed by atoms with Gasteiger partial charge in [0.15, 0.2) is 0 Å². The Balaban J connectivity index is 1.40. The van der Waals surface area contributed by atoms with Crippen molar-refractivity contribution >= 4 is 5.91 Å². The van der Waals surface area contributed by atoms with Crippen LogP contribution in [0.15, 0.2) is 47.0 Å². The molecule has 1 heterocycles. The summed E-state index contributed by atoms with van der Waals surface area (Å²) in [5, 5.41) is 7.36. The summed E-state index contributed by atoms with van der Waals surface area (Å²) in [7, 11) is 0. The van der Waals surface area contributed by atoms with E-state index in [1.165, 1.54) is 48.8 Å². The molecule has 1 unspecified atom stereocenters. The second kappa shape index (κ2) is 10.9. The van der Waals surface area contributed by atoms with E-state index >= 15 is 0 Å². The SMILES string of the molecule is Cc1ccc(C(NC(=O)Cc2ccc(OCc3c(C)noc3C)cc2)C2CCCCC2)c(C)c1. The van der Waals surface area contributed by atoms with Gasteiger partial charge in [-0.15, -0.1) is 0 Å². The van der Waals surface area contributed by atoms with E-state index in [0.29, 0.717) is 18.9 Å². The molecule has 3 aromatic rings. The van der Waals surface area contributed by atoms with Gasteiger partial charge in [-0.05, 0) is 75.3 Å². The summed E-state index contributed by atoms with van der Waals surface area (Å²) in [6, 6.07) is 14.4. The van der Waals surface area contributed by atoms with Crippen molar-refractivity contribution in [2.24, 2.45) is 5.92 Å². The Bertz CT molecular complexity index is 1090. The lowest BCUT2D eigenvalue weighted by atomic mass is 9.80. The first-order chi connectivity index (χ1) is 16.4. The number of aromatic nitrogens is 1. The van der Waals surface area contributed by atoms with Crippen molar-refractivity contribution in [2.45, 2.75) is 78.9 Å². The fourth-order valence-electron chi connectivity index (χ4n) is 5.07. The molecule has 1 aliphatic carbocycles. The van der Waals surface area contributed by atoms with Crippen LogP contribution in [-0.2, 0) is 17.8 Å². The van der Waals surface area contributed by atoms with Gasteiger partial charge in [0.25, 0.3) is 0 Å². The first kappa shape index (κ1) is 24.1. The normalized spacial score (nSPS) is 15.2. The topological polar surface area (TPSA) is 64.4 Å². The lowest BCUT2D eigenvalue weighted by Crippen LogP contribution is -2.35. The molecular formula is C29H36N2O3. The molecule has 0 radical (unpaired) electrons. The molecule has 0 bridgehead atoms. The second-order valence-corrected chi connectivity index (χ2v) is 9.72. The molecule has 1 aromatic heterocycles. The third-order valence-electron chi connectivity index (χ3n) is 7.05. The fourth-order valence-corrected chi connectivity index (χ4v) is 5.07. The Labute approximate surface area is 202 Å². The Hall–Kier alpha value is -3.08. The Morgan fingerprint density at radius 1 is 1.06 bits per heavy atom. The van der Waals surface area contributed by atoms with E-state index in [4.69, 9.17) is 9.26 Å². The van der Waals surface area contributed by atoms with Crippen LogP contribution in [0.2, 0.25) is 0 Å². The number of rotatable bonds is 8. The number of nitrogens with one attached hydrogen (secondary N) is 1. The van der Waals surface area contributed by atoms with E-state index in [9.17, 15) is 4.79 Å². The van der Waals surface area contributed by atoms with Gasteiger partial charge in [0, 0.05) is 0 Å². The van der Waals surface area contributed by atoms with Gasteiger partial charge in [-0.3, -0.25) is 4.79 Å². The standard InChI is InChI=1S/C29H36N2O3/c1-19-10-15-26(20(2)16-19)29(24-8-6-5-7-9-24)30-28(32)17-23-11-13-25(14-12-23)33-18-27-21(3)31-34-22(27)4/h10-16,24,29H,5-9,17-18H2,1-4H3,(H,30,32). The van der Waals surface area contributed by atoms with Crippen molar-refractivity contribution in [1.29, 1.82) is 0 Å². The van der Waals surface area contributed by atoms with Crippen molar-refractivity contribution in [3.63, 3.8) is 0 Å². The summed E-state index contributed by atoms with van der Waals surface area (Å²) in [4.78, 5) is 13.1. The summed E-state index contributed by atoms with van der Waals surface area (Å²) >= 11 is 0. The molecule has 4 rings (SSSR count). The van der Waals surface area contributed by atoms with E-state index in [1.54, 1.807) is 0 Å². The Morgan fingerprint density at radius 3 is 2.44 bits per heavy atom. The van der Waals surface area contributed by atoms with Gasteiger partial charge in [0.2, 0.25) is 5.91 Å². The average molecular weight is 461 g/mol. The van der Waals surface area contributed by atoms with Crippen LogP contribution in [0.4, 0.5) is 0 Å². The van der Waals surface area contributed by atoms with Crippen molar-refractivity contribution in [1.82, 2.24) is 10.5 Å². The van der Waals surface area contributed by atoms with Crippen LogP contribution in [0.1, 0.15) is 77.4 Å². The highest BCUT2D eigenvalue weighted by molar-refractivity contribution is 5.79. The molecule has 180 valence electrons. The van der Waals surface area contributed by atoms with Gasteiger partial charge in [0.05, 0.1) is 23.7 Å². The maximum absolute atomic E-state index is 13.1. The molecule has 0 spiro atoms. The highest BCUT2D eigenvalue weighted by Crippen LogP contribution is 2.36. The molecule has 1 atom stereocenters. The van der Waals surface area contributed by atoms with Crippen LogP contribution < -0.4 is 10.1 Å². The number of carbonyl (C=O) groups is 1. The highest BCUT2D eigenvalue weighted by atomic mass is 16.5. The number of nitrogens with zero attached hydrogens (tertiary/aromatic N) is 1. The van der Waals surface area contributed by atoms with Crippen molar-refractivity contribution in [3.8, 4) is 5.75 Å². The van der Waals surface area contributed by atoms with E-state index < -0.39 is 0 Å². The molecule has 2 aromatic carbocycles. The van der Waals surface area contributed by atoms with Gasteiger partial charge < -0.3 is 14.6 Å². The zero-order chi connectivity index (χ0) is 24.1. The average Bonchev–Trinajstić information content (AvgIpc) is 3.15. The van der Waals surface area contributed by atoms with Gasteiger partial charge in [-0.25, -0.2) is 0 Å². The zero-order valence-corrected chi connectivity index (χ0v) is 20.8. The van der Waals surface area contributed by atoms with Crippen molar-refractivity contribution in [2.75, 3.05) is 0 Å². The lowest BCUT2D eigenvalue weighted by Gasteiger charge is -2.32. The van der Waals surface area contributed by atoms with Crippen molar-refractivity contribution < 1.29 is 14.1 Å². The van der Waals surface area contributed by atoms with Crippen LogP contribution in [0.3, 0.4) is 0 Å². The van der Waals surface area contributed by atoms with E-state index in [2.05, 4.69) is 42.5 Å². The van der Waals surface area contributed by atoms with Crippen molar-refractivity contribution in [3.05, 3.63) is 81.7 Å². The minimum Gasteiger partial charge on any atom is -0.489 e. The number of aryl methyl sites for hydroxylation is 4. The number of hydrogen-bond donors (Lipinski definition) is 1. The predicted octanol–water partition coefficient (Wildman–Crippen LogP) is 6.47. The molecule has 1 aliphatic rings. The Morgan fingerprint density at radius 2 is 1.79 bits per heavy atom. The van der Waals surface area contributed by atoms with Gasteiger partial charge in [-0.2, -0.15) is 0 Å². The molecule has 34 heavy (non-hydrogen) atoms. The summed E-state index contributed by atoms with van der Waals surface area (Å²) < 4.78 is 11.1. The van der Waals surface area contributed by atoms with Crippen LogP contribution in [0.25, 0.3) is 0 Å². The number of hydrogen-bond acceptors (Lipinski definition) is 4. The molecule has 0 saturated heterocycles. The monoisotopic (exact) mass is 460 g/mol. The van der Waals surface area contributed by atoms with E-state index in [0.717, 1.165) is 28.3 Å². The molecule has 1 amide bonds.